The second-order valence-electron chi connectivity index (χ2n) is 4.47. The number of ether oxygens (including phenoxy) is 1. The monoisotopic (exact) mass is 257 g/mol. The van der Waals surface area contributed by atoms with E-state index < -0.39 is 6.10 Å². The van der Waals surface area contributed by atoms with Gasteiger partial charge < -0.3 is 14.7 Å². The maximum Gasteiger partial charge on any atom is 0.142 e. The molecule has 2 rings (SSSR count). The second-order valence-corrected chi connectivity index (χ2v) is 4.47. The van der Waals surface area contributed by atoms with Crippen molar-refractivity contribution >= 4 is 11.4 Å². The van der Waals surface area contributed by atoms with Crippen molar-refractivity contribution in [3.8, 4) is 5.75 Å². The minimum absolute atomic E-state index is 0.506. The molecule has 0 saturated heterocycles. The number of hydrogen-bond acceptors (Lipinski definition) is 3. The summed E-state index contributed by atoms with van der Waals surface area (Å²) in [6.07, 6.45) is -0.506. The summed E-state index contributed by atoms with van der Waals surface area (Å²) in [5, 5.41) is 9.87. The second kappa shape index (κ2) is 5.76. The number of anilines is 2. The summed E-state index contributed by atoms with van der Waals surface area (Å²) in [4.78, 5) is 2.03. The van der Waals surface area contributed by atoms with E-state index in [-0.39, 0.29) is 0 Å². The van der Waals surface area contributed by atoms with Crippen LogP contribution in [0.5, 0.6) is 5.75 Å². The highest BCUT2D eigenvalue weighted by molar-refractivity contribution is 5.71. The Morgan fingerprint density at radius 3 is 2.21 bits per heavy atom. The molecule has 0 fully saturated rings. The number of rotatable bonds is 4. The molecule has 0 aliphatic carbocycles. The molecule has 0 spiro atoms. The first kappa shape index (κ1) is 13.4. The van der Waals surface area contributed by atoms with E-state index in [1.54, 1.807) is 14.0 Å². The van der Waals surface area contributed by atoms with Gasteiger partial charge in [0.15, 0.2) is 0 Å². The summed E-state index contributed by atoms with van der Waals surface area (Å²) in [6, 6.07) is 15.7. The van der Waals surface area contributed by atoms with Crippen LogP contribution in [0.3, 0.4) is 0 Å². The van der Waals surface area contributed by atoms with Gasteiger partial charge >= 0.3 is 0 Å². The van der Waals surface area contributed by atoms with Crippen LogP contribution in [0.2, 0.25) is 0 Å². The molecule has 0 aromatic heterocycles. The topological polar surface area (TPSA) is 32.7 Å². The molecule has 0 aliphatic rings. The molecule has 0 radical (unpaired) electrons. The molecular formula is C16H19NO2. The Morgan fingerprint density at radius 1 is 1.00 bits per heavy atom. The zero-order valence-electron chi connectivity index (χ0n) is 11.5. The fourth-order valence-corrected chi connectivity index (χ4v) is 2.18. The van der Waals surface area contributed by atoms with E-state index in [2.05, 4.69) is 0 Å². The average Bonchev–Trinajstić information content (AvgIpc) is 2.46. The number of benzene rings is 2. The van der Waals surface area contributed by atoms with Crippen LogP contribution in [0.15, 0.2) is 48.5 Å². The highest BCUT2D eigenvalue weighted by Gasteiger charge is 2.14. The first-order valence-corrected chi connectivity index (χ1v) is 6.29. The molecule has 1 N–H and O–H groups in total. The van der Waals surface area contributed by atoms with Crippen molar-refractivity contribution < 1.29 is 9.84 Å². The fourth-order valence-electron chi connectivity index (χ4n) is 2.18. The first-order valence-electron chi connectivity index (χ1n) is 6.29. The summed E-state index contributed by atoms with van der Waals surface area (Å²) >= 11 is 0. The normalized spacial score (nSPS) is 12.0. The Bertz CT molecular complexity index is 552. The quantitative estimate of drug-likeness (QED) is 0.909. The maximum absolute atomic E-state index is 9.87. The predicted molar refractivity (Wildman–Crippen MR) is 78.1 cm³/mol. The van der Waals surface area contributed by atoms with E-state index in [0.717, 1.165) is 22.7 Å². The van der Waals surface area contributed by atoms with E-state index in [1.807, 2.05) is 60.5 Å². The van der Waals surface area contributed by atoms with Gasteiger partial charge in [0.25, 0.3) is 0 Å². The van der Waals surface area contributed by atoms with Crippen LogP contribution in [0.1, 0.15) is 18.6 Å². The van der Waals surface area contributed by atoms with Gasteiger partial charge in [-0.05, 0) is 25.1 Å². The zero-order chi connectivity index (χ0) is 13.8. The van der Waals surface area contributed by atoms with Crippen molar-refractivity contribution in [2.75, 3.05) is 19.1 Å². The van der Waals surface area contributed by atoms with Gasteiger partial charge in [-0.25, -0.2) is 0 Å². The molecule has 19 heavy (non-hydrogen) atoms. The highest BCUT2D eigenvalue weighted by atomic mass is 16.5. The molecular weight excluding hydrogens is 238 g/mol. The summed E-state index contributed by atoms with van der Waals surface area (Å²) in [7, 11) is 3.63. The summed E-state index contributed by atoms with van der Waals surface area (Å²) < 4.78 is 5.38. The van der Waals surface area contributed by atoms with Gasteiger partial charge in [-0.2, -0.15) is 0 Å². The van der Waals surface area contributed by atoms with Gasteiger partial charge in [-0.1, -0.05) is 30.3 Å². The molecule has 2 aromatic rings. The van der Waals surface area contributed by atoms with E-state index >= 15 is 0 Å². The number of hydrogen-bond donors (Lipinski definition) is 1. The van der Waals surface area contributed by atoms with Crippen LogP contribution >= 0.6 is 0 Å². The molecule has 100 valence electrons. The van der Waals surface area contributed by atoms with Crippen LogP contribution in [0, 0.1) is 0 Å². The number of aliphatic hydroxyl groups excluding tert-OH is 1. The standard InChI is InChI=1S/C16H19NO2/c1-12(18)13-8-4-5-9-14(13)17(2)15-10-6-7-11-16(15)19-3/h4-12,18H,1-3H3/t12-/m1/s1. The third kappa shape index (κ3) is 2.71. The molecule has 0 amide bonds. The Hall–Kier alpha value is -2.00. The number of para-hydroxylation sites is 3. The molecule has 3 nitrogen and oxygen atoms in total. The van der Waals surface area contributed by atoms with Crippen LogP contribution in [0.25, 0.3) is 0 Å². The van der Waals surface area contributed by atoms with Gasteiger partial charge in [0.05, 0.1) is 18.9 Å². The smallest absolute Gasteiger partial charge is 0.142 e. The molecule has 0 heterocycles. The van der Waals surface area contributed by atoms with Crippen LogP contribution < -0.4 is 9.64 Å². The predicted octanol–water partition coefficient (Wildman–Crippen LogP) is 3.52. The maximum atomic E-state index is 9.87. The van der Waals surface area contributed by atoms with Gasteiger partial charge in [-0.3, -0.25) is 0 Å². The van der Waals surface area contributed by atoms with Gasteiger partial charge in [0.2, 0.25) is 0 Å². The van der Waals surface area contributed by atoms with Crippen molar-refractivity contribution in [3.05, 3.63) is 54.1 Å². The van der Waals surface area contributed by atoms with Crippen molar-refractivity contribution in [1.82, 2.24) is 0 Å². The highest BCUT2D eigenvalue weighted by Crippen LogP contribution is 2.35. The summed E-state index contributed by atoms with van der Waals surface area (Å²) in [5.74, 6) is 0.811. The summed E-state index contributed by atoms with van der Waals surface area (Å²) in [5.41, 5.74) is 2.84. The van der Waals surface area contributed by atoms with E-state index in [9.17, 15) is 5.11 Å². The van der Waals surface area contributed by atoms with Crippen molar-refractivity contribution in [3.63, 3.8) is 0 Å². The number of nitrogens with zero attached hydrogens (tertiary/aromatic N) is 1. The molecule has 0 aliphatic heterocycles. The number of aliphatic hydroxyl groups is 1. The molecule has 0 saturated carbocycles. The van der Waals surface area contributed by atoms with Gasteiger partial charge in [0.1, 0.15) is 5.75 Å². The van der Waals surface area contributed by atoms with E-state index in [0.29, 0.717) is 0 Å². The molecule has 0 unspecified atom stereocenters. The van der Waals surface area contributed by atoms with E-state index in [4.69, 9.17) is 4.74 Å². The average molecular weight is 257 g/mol. The Kier molecular flexibility index (Phi) is 4.07. The largest absolute Gasteiger partial charge is 0.495 e. The summed E-state index contributed by atoms with van der Waals surface area (Å²) in [6.45, 7) is 1.77. The van der Waals surface area contributed by atoms with Gasteiger partial charge in [0, 0.05) is 18.3 Å². The third-order valence-electron chi connectivity index (χ3n) is 3.19. The molecule has 2 aromatic carbocycles. The molecule has 0 bridgehead atoms. The lowest BCUT2D eigenvalue weighted by Crippen LogP contribution is -2.13. The van der Waals surface area contributed by atoms with E-state index in [1.165, 1.54) is 0 Å². The fraction of sp³-hybridized carbons (Fsp3) is 0.250. The Morgan fingerprint density at radius 2 is 1.58 bits per heavy atom. The van der Waals surface area contributed by atoms with Crippen molar-refractivity contribution in [2.24, 2.45) is 0 Å². The van der Waals surface area contributed by atoms with Crippen molar-refractivity contribution in [1.29, 1.82) is 0 Å². The third-order valence-corrected chi connectivity index (χ3v) is 3.19. The van der Waals surface area contributed by atoms with Crippen LogP contribution in [-0.2, 0) is 0 Å². The van der Waals surface area contributed by atoms with Crippen LogP contribution in [-0.4, -0.2) is 19.3 Å². The lowest BCUT2D eigenvalue weighted by molar-refractivity contribution is 0.200. The Balaban J connectivity index is 2.47. The van der Waals surface area contributed by atoms with Crippen molar-refractivity contribution in [2.45, 2.75) is 13.0 Å². The lowest BCUT2D eigenvalue weighted by atomic mass is 10.1. The lowest BCUT2D eigenvalue weighted by Gasteiger charge is -2.25. The zero-order valence-corrected chi connectivity index (χ0v) is 11.5. The Labute approximate surface area is 114 Å². The SMILES string of the molecule is COc1ccccc1N(C)c1ccccc1[C@@H](C)O. The number of methoxy groups -OCH3 is 1. The minimum atomic E-state index is -0.506. The molecule has 1 atom stereocenters. The minimum Gasteiger partial charge on any atom is -0.495 e. The first-order chi connectivity index (χ1) is 9.15. The van der Waals surface area contributed by atoms with Crippen LogP contribution in [0.4, 0.5) is 11.4 Å². The molecule has 3 heteroatoms. The van der Waals surface area contributed by atoms with Gasteiger partial charge in [-0.15, -0.1) is 0 Å².